The van der Waals surface area contributed by atoms with Crippen LogP contribution in [0.3, 0.4) is 0 Å². The number of rotatable bonds is 1. The van der Waals surface area contributed by atoms with Crippen LogP contribution in [0.5, 0.6) is 0 Å². The maximum absolute atomic E-state index is 12.2. The van der Waals surface area contributed by atoms with Gasteiger partial charge in [0.2, 0.25) is 0 Å². The van der Waals surface area contributed by atoms with E-state index in [1.165, 1.54) is 0 Å². The van der Waals surface area contributed by atoms with Gasteiger partial charge in [-0.25, -0.2) is 0 Å². The van der Waals surface area contributed by atoms with Gasteiger partial charge in [-0.05, 0) is 24.7 Å². The molecule has 72 valence electrons. The molecule has 1 saturated carbocycles. The molecule has 1 aliphatic carbocycles. The van der Waals surface area contributed by atoms with Crippen molar-refractivity contribution in [3.63, 3.8) is 0 Å². The quantitative estimate of drug-likeness (QED) is 0.660. The lowest BCUT2D eigenvalue weighted by Crippen LogP contribution is -2.59. The molecular weight excluding hydrogens is 169 g/mol. The largest absolute Gasteiger partial charge is 0.417 e. The van der Waals surface area contributed by atoms with Crippen LogP contribution in [0.15, 0.2) is 0 Å². The molecule has 0 aliphatic heterocycles. The zero-order valence-electron chi connectivity index (χ0n) is 7.15. The molecule has 1 aliphatic rings. The number of halogens is 3. The van der Waals surface area contributed by atoms with Crippen LogP contribution in [0.4, 0.5) is 13.2 Å². The minimum atomic E-state index is -4.46. The molecule has 0 spiro atoms. The SMILES string of the molecule is CC(C)[C@H]1CC[C@@]1(O)C(F)(F)F. The molecule has 0 amide bonds. The number of aliphatic hydroxyl groups is 1. The molecular formula is C8H13F3O. The summed E-state index contributed by atoms with van der Waals surface area (Å²) in [6.07, 6.45) is -4.12. The Bertz CT molecular complexity index is 176. The molecule has 12 heavy (non-hydrogen) atoms. The second kappa shape index (κ2) is 2.62. The zero-order chi connectivity index (χ0) is 9.57. The average Bonchev–Trinajstić information content (AvgIpc) is 1.79. The number of alkyl halides is 3. The third kappa shape index (κ3) is 1.22. The lowest BCUT2D eigenvalue weighted by Gasteiger charge is -2.48. The number of hydrogen-bond acceptors (Lipinski definition) is 1. The third-order valence-corrected chi connectivity index (χ3v) is 2.75. The highest BCUT2D eigenvalue weighted by molar-refractivity contribution is 5.02. The van der Waals surface area contributed by atoms with E-state index < -0.39 is 17.7 Å². The first-order valence-electron chi connectivity index (χ1n) is 4.08. The van der Waals surface area contributed by atoms with Crippen LogP contribution >= 0.6 is 0 Å². The van der Waals surface area contributed by atoms with Crippen molar-refractivity contribution in [2.24, 2.45) is 11.8 Å². The summed E-state index contributed by atoms with van der Waals surface area (Å²) in [5, 5.41) is 9.25. The Kier molecular flexibility index (Phi) is 2.15. The molecule has 0 aromatic carbocycles. The van der Waals surface area contributed by atoms with Gasteiger partial charge in [-0.3, -0.25) is 0 Å². The topological polar surface area (TPSA) is 20.2 Å². The Labute approximate surface area is 69.6 Å². The molecule has 0 unspecified atom stereocenters. The lowest BCUT2D eigenvalue weighted by atomic mass is 9.64. The first kappa shape index (κ1) is 9.84. The van der Waals surface area contributed by atoms with Gasteiger partial charge in [-0.2, -0.15) is 13.2 Å². The Morgan fingerprint density at radius 1 is 1.42 bits per heavy atom. The maximum Gasteiger partial charge on any atom is 0.417 e. The van der Waals surface area contributed by atoms with E-state index in [1.54, 1.807) is 13.8 Å². The van der Waals surface area contributed by atoms with Crippen LogP contribution in [0, 0.1) is 11.8 Å². The van der Waals surface area contributed by atoms with E-state index in [-0.39, 0.29) is 12.3 Å². The predicted molar refractivity (Wildman–Crippen MR) is 38.6 cm³/mol. The fourth-order valence-electron chi connectivity index (χ4n) is 1.82. The highest BCUT2D eigenvalue weighted by Crippen LogP contribution is 2.52. The Balaban J connectivity index is 2.74. The zero-order valence-corrected chi connectivity index (χ0v) is 7.15. The van der Waals surface area contributed by atoms with Gasteiger partial charge in [0, 0.05) is 0 Å². The minimum absolute atomic E-state index is 0.106. The van der Waals surface area contributed by atoms with Crippen molar-refractivity contribution >= 4 is 0 Å². The van der Waals surface area contributed by atoms with Crippen LogP contribution in [0.1, 0.15) is 26.7 Å². The first-order valence-corrected chi connectivity index (χ1v) is 4.08. The van der Waals surface area contributed by atoms with E-state index in [4.69, 9.17) is 0 Å². The Morgan fingerprint density at radius 3 is 2.00 bits per heavy atom. The van der Waals surface area contributed by atoms with Gasteiger partial charge in [0.1, 0.15) is 0 Å². The molecule has 0 saturated heterocycles. The summed E-state index contributed by atoms with van der Waals surface area (Å²) in [7, 11) is 0. The van der Waals surface area contributed by atoms with Gasteiger partial charge in [-0.1, -0.05) is 13.8 Å². The van der Waals surface area contributed by atoms with Crippen molar-refractivity contribution in [2.45, 2.75) is 38.5 Å². The predicted octanol–water partition coefficient (Wildman–Crippen LogP) is 2.35. The summed E-state index contributed by atoms with van der Waals surface area (Å²) in [6, 6.07) is 0. The van der Waals surface area contributed by atoms with Crippen LogP contribution in [0.25, 0.3) is 0 Å². The second-order valence-corrected chi connectivity index (χ2v) is 3.81. The fourth-order valence-corrected chi connectivity index (χ4v) is 1.82. The van der Waals surface area contributed by atoms with E-state index in [0.717, 1.165) is 0 Å². The summed E-state index contributed by atoms with van der Waals surface area (Å²) in [6.45, 7) is 3.42. The van der Waals surface area contributed by atoms with Crippen LogP contribution < -0.4 is 0 Å². The van der Waals surface area contributed by atoms with Gasteiger partial charge < -0.3 is 5.11 Å². The Morgan fingerprint density at radius 2 is 1.92 bits per heavy atom. The monoisotopic (exact) mass is 182 g/mol. The minimum Gasteiger partial charge on any atom is -0.380 e. The molecule has 1 rings (SSSR count). The van der Waals surface area contributed by atoms with Crippen molar-refractivity contribution in [2.75, 3.05) is 0 Å². The molecule has 2 atom stereocenters. The highest BCUT2D eigenvalue weighted by Gasteiger charge is 2.63. The fraction of sp³-hybridized carbons (Fsp3) is 1.00. The van der Waals surface area contributed by atoms with Gasteiger partial charge in [-0.15, -0.1) is 0 Å². The molecule has 0 bridgehead atoms. The van der Waals surface area contributed by atoms with E-state index in [2.05, 4.69) is 0 Å². The maximum atomic E-state index is 12.2. The smallest absolute Gasteiger partial charge is 0.380 e. The van der Waals surface area contributed by atoms with E-state index in [9.17, 15) is 18.3 Å². The molecule has 1 N–H and O–H groups in total. The standard InChI is InChI=1S/C8H13F3O/c1-5(2)6-3-4-7(6,12)8(9,10)11/h5-6,12H,3-4H2,1-2H3/t6-,7+/m1/s1. The summed E-state index contributed by atoms with van der Waals surface area (Å²) >= 11 is 0. The molecule has 0 aromatic heterocycles. The molecule has 4 heteroatoms. The van der Waals surface area contributed by atoms with Crippen molar-refractivity contribution in [3.8, 4) is 0 Å². The third-order valence-electron chi connectivity index (χ3n) is 2.75. The van der Waals surface area contributed by atoms with Gasteiger partial charge in [0.25, 0.3) is 0 Å². The summed E-state index contributed by atoms with van der Waals surface area (Å²) in [4.78, 5) is 0. The van der Waals surface area contributed by atoms with Crippen LogP contribution in [-0.4, -0.2) is 16.9 Å². The van der Waals surface area contributed by atoms with Crippen molar-refractivity contribution in [3.05, 3.63) is 0 Å². The highest BCUT2D eigenvalue weighted by atomic mass is 19.4. The van der Waals surface area contributed by atoms with Crippen LogP contribution in [0.2, 0.25) is 0 Å². The molecule has 0 radical (unpaired) electrons. The molecule has 0 aromatic rings. The summed E-state index contributed by atoms with van der Waals surface area (Å²) in [5.74, 6) is -0.720. The molecule has 1 nitrogen and oxygen atoms in total. The number of hydrogen-bond donors (Lipinski definition) is 1. The first-order chi connectivity index (χ1) is 5.29. The van der Waals surface area contributed by atoms with Gasteiger partial charge in [0.15, 0.2) is 5.60 Å². The van der Waals surface area contributed by atoms with E-state index >= 15 is 0 Å². The van der Waals surface area contributed by atoms with E-state index in [1.807, 2.05) is 0 Å². The van der Waals surface area contributed by atoms with Crippen molar-refractivity contribution in [1.82, 2.24) is 0 Å². The van der Waals surface area contributed by atoms with Crippen LogP contribution in [-0.2, 0) is 0 Å². The normalized spacial score (nSPS) is 36.8. The van der Waals surface area contributed by atoms with Crippen molar-refractivity contribution < 1.29 is 18.3 Å². The van der Waals surface area contributed by atoms with E-state index in [0.29, 0.717) is 6.42 Å². The van der Waals surface area contributed by atoms with Gasteiger partial charge in [0.05, 0.1) is 0 Å². The Hall–Kier alpha value is -0.250. The lowest BCUT2D eigenvalue weighted by molar-refractivity contribution is -0.316. The molecule has 0 heterocycles. The summed E-state index contributed by atoms with van der Waals surface area (Å²) < 4.78 is 36.7. The van der Waals surface area contributed by atoms with Crippen molar-refractivity contribution in [1.29, 1.82) is 0 Å². The average molecular weight is 182 g/mol. The summed E-state index contributed by atoms with van der Waals surface area (Å²) in [5.41, 5.74) is -2.40. The molecule has 1 fully saturated rings. The second-order valence-electron chi connectivity index (χ2n) is 3.81. The van der Waals surface area contributed by atoms with Gasteiger partial charge >= 0.3 is 6.18 Å².